The summed E-state index contributed by atoms with van der Waals surface area (Å²) >= 11 is 0. The Bertz CT molecular complexity index is 2490. The summed E-state index contributed by atoms with van der Waals surface area (Å²) in [5, 5.41) is 2.34. The summed E-state index contributed by atoms with van der Waals surface area (Å²) in [6.45, 7) is 23.2. The third-order valence-corrected chi connectivity index (χ3v) is 12.1. The van der Waals surface area contributed by atoms with Gasteiger partial charge in [-0.1, -0.05) is 136 Å². The first-order chi connectivity index (χ1) is 24.5. The highest BCUT2D eigenvalue weighted by atomic mass is 16.3. The van der Waals surface area contributed by atoms with Crippen LogP contribution in [0.1, 0.15) is 103 Å². The minimum Gasteiger partial charge on any atom is -0.456 e. The van der Waals surface area contributed by atoms with E-state index in [1.54, 1.807) is 0 Å². The van der Waals surface area contributed by atoms with Crippen molar-refractivity contribution < 1.29 is 4.42 Å². The summed E-state index contributed by atoms with van der Waals surface area (Å²) in [5.41, 5.74) is 18.5. The Hall–Kier alpha value is -5.08. The average molecular weight is 680 g/mol. The number of hydrogen-bond donors (Lipinski definition) is 0. The van der Waals surface area contributed by atoms with Crippen molar-refractivity contribution >= 4 is 39.0 Å². The van der Waals surface area contributed by atoms with Crippen LogP contribution in [0.5, 0.6) is 0 Å². The lowest BCUT2D eigenvalue weighted by Gasteiger charge is -2.29. The first-order valence-electron chi connectivity index (χ1n) is 18.9. The molecular weight excluding hydrogens is 631 g/mol. The van der Waals surface area contributed by atoms with Gasteiger partial charge in [0.05, 0.1) is 0 Å². The highest BCUT2D eigenvalue weighted by Gasteiger charge is 2.38. The molecular formula is C50H49NO. The van der Waals surface area contributed by atoms with Crippen LogP contribution in [0.4, 0.5) is 17.1 Å². The predicted octanol–water partition coefficient (Wildman–Crippen LogP) is 14.3. The fourth-order valence-electron chi connectivity index (χ4n) is 9.11. The standard InChI is InChI=1S/C50H49NO/c1-47(2,3)30-25-39-38-27-31(21-24-45(38)52-46(39)44(26-30)48(4,5)6)51(32-19-22-36-34-15-11-13-17-40(34)49(7,8)42(36)28-32)33-20-23-37-35-16-12-14-18-41(35)50(9,10)43(37)29-33/h11-29H,1-10H3. The Balaban J connectivity index is 1.29. The number of benzene rings is 6. The van der Waals surface area contributed by atoms with Gasteiger partial charge in [-0.15, -0.1) is 0 Å². The Kier molecular flexibility index (Phi) is 6.77. The van der Waals surface area contributed by atoms with E-state index < -0.39 is 0 Å². The molecule has 0 spiro atoms. The van der Waals surface area contributed by atoms with Crippen LogP contribution in [0.15, 0.2) is 120 Å². The van der Waals surface area contributed by atoms with Crippen LogP contribution in [0.2, 0.25) is 0 Å². The van der Waals surface area contributed by atoms with Crippen LogP contribution in [-0.2, 0) is 21.7 Å². The zero-order valence-electron chi connectivity index (χ0n) is 32.3. The molecule has 2 heteroatoms. The normalized spacial score (nSPS) is 15.4. The van der Waals surface area contributed by atoms with Crippen molar-refractivity contribution in [2.45, 2.75) is 90.9 Å². The van der Waals surface area contributed by atoms with Crippen molar-refractivity contribution in [3.05, 3.63) is 149 Å². The number of nitrogens with zero attached hydrogens (tertiary/aromatic N) is 1. The molecule has 0 saturated heterocycles. The number of furan rings is 1. The van der Waals surface area contributed by atoms with Gasteiger partial charge >= 0.3 is 0 Å². The van der Waals surface area contributed by atoms with E-state index in [0.29, 0.717) is 0 Å². The maximum Gasteiger partial charge on any atom is 0.139 e. The van der Waals surface area contributed by atoms with Gasteiger partial charge in [0, 0.05) is 44.2 Å². The largest absolute Gasteiger partial charge is 0.456 e. The van der Waals surface area contributed by atoms with Gasteiger partial charge in [0.1, 0.15) is 11.2 Å². The zero-order chi connectivity index (χ0) is 36.5. The fraction of sp³-hybridized carbons (Fsp3) is 0.280. The van der Waals surface area contributed by atoms with Gasteiger partial charge in [-0.05, 0) is 109 Å². The van der Waals surface area contributed by atoms with Gasteiger partial charge in [-0.2, -0.15) is 0 Å². The van der Waals surface area contributed by atoms with Gasteiger partial charge in [-0.3, -0.25) is 0 Å². The van der Waals surface area contributed by atoms with Crippen molar-refractivity contribution in [3.63, 3.8) is 0 Å². The highest BCUT2D eigenvalue weighted by Crippen LogP contribution is 2.53. The van der Waals surface area contributed by atoms with Crippen LogP contribution in [0.25, 0.3) is 44.2 Å². The maximum absolute atomic E-state index is 6.75. The molecule has 2 nitrogen and oxygen atoms in total. The van der Waals surface area contributed by atoms with E-state index in [1.807, 2.05) is 0 Å². The summed E-state index contributed by atoms with van der Waals surface area (Å²) in [6.07, 6.45) is 0. The van der Waals surface area contributed by atoms with E-state index in [9.17, 15) is 0 Å². The molecule has 1 aromatic heterocycles. The quantitative estimate of drug-likeness (QED) is 0.185. The summed E-state index contributed by atoms with van der Waals surface area (Å²) in [7, 11) is 0. The second-order valence-electron chi connectivity index (χ2n) is 18.3. The molecule has 2 aliphatic carbocycles. The highest BCUT2D eigenvalue weighted by molar-refractivity contribution is 6.08. The first-order valence-corrected chi connectivity index (χ1v) is 18.9. The minimum atomic E-state index is -0.105. The van der Waals surface area contributed by atoms with Crippen LogP contribution < -0.4 is 4.90 Å². The second-order valence-corrected chi connectivity index (χ2v) is 18.3. The lowest BCUT2D eigenvalue weighted by atomic mass is 9.79. The monoisotopic (exact) mass is 679 g/mol. The second kappa shape index (κ2) is 10.7. The van der Waals surface area contributed by atoms with E-state index in [4.69, 9.17) is 4.42 Å². The lowest BCUT2D eigenvalue weighted by Crippen LogP contribution is -2.18. The van der Waals surface area contributed by atoms with Gasteiger partial charge in [0.2, 0.25) is 0 Å². The summed E-state index contributed by atoms with van der Waals surface area (Å²) in [6, 6.07) is 43.5. The summed E-state index contributed by atoms with van der Waals surface area (Å²) < 4.78 is 6.75. The smallest absolute Gasteiger partial charge is 0.139 e. The van der Waals surface area contributed by atoms with Crippen molar-refractivity contribution in [1.82, 2.24) is 0 Å². The molecule has 260 valence electrons. The molecule has 0 atom stereocenters. The number of anilines is 3. The summed E-state index contributed by atoms with van der Waals surface area (Å²) in [5.74, 6) is 0. The van der Waals surface area contributed by atoms with Gasteiger partial charge in [0.15, 0.2) is 0 Å². The molecule has 0 N–H and O–H groups in total. The van der Waals surface area contributed by atoms with E-state index in [0.717, 1.165) is 33.6 Å². The third-order valence-electron chi connectivity index (χ3n) is 12.1. The first kappa shape index (κ1) is 32.8. The lowest BCUT2D eigenvalue weighted by molar-refractivity contribution is 0.559. The molecule has 9 rings (SSSR count). The summed E-state index contributed by atoms with van der Waals surface area (Å²) in [4.78, 5) is 2.47. The molecule has 0 fully saturated rings. The molecule has 52 heavy (non-hydrogen) atoms. The molecule has 0 amide bonds. The Labute approximate surface area is 309 Å². The van der Waals surface area contributed by atoms with Gasteiger partial charge < -0.3 is 9.32 Å². The van der Waals surface area contributed by atoms with Crippen molar-refractivity contribution in [1.29, 1.82) is 0 Å². The van der Waals surface area contributed by atoms with Crippen LogP contribution >= 0.6 is 0 Å². The van der Waals surface area contributed by atoms with Crippen LogP contribution in [-0.4, -0.2) is 0 Å². The minimum absolute atomic E-state index is 0.00498. The molecule has 0 aliphatic heterocycles. The van der Waals surface area contributed by atoms with Crippen LogP contribution in [0.3, 0.4) is 0 Å². The van der Waals surface area contributed by atoms with Crippen molar-refractivity contribution in [2.75, 3.05) is 4.90 Å². The number of hydrogen-bond acceptors (Lipinski definition) is 2. The van der Waals surface area contributed by atoms with Crippen molar-refractivity contribution in [2.24, 2.45) is 0 Å². The molecule has 0 unspecified atom stereocenters. The molecule has 0 bridgehead atoms. The van der Waals surface area contributed by atoms with E-state index in [1.165, 1.54) is 61.0 Å². The molecule has 1 heterocycles. The molecule has 7 aromatic rings. The fourth-order valence-corrected chi connectivity index (χ4v) is 9.11. The molecule has 2 aliphatic rings. The van der Waals surface area contributed by atoms with Gasteiger partial charge in [0.25, 0.3) is 0 Å². The number of fused-ring (bicyclic) bond motifs is 9. The van der Waals surface area contributed by atoms with E-state index in [-0.39, 0.29) is 21.7 Å². The topological polar surface area (TPSA) is 16.4 Å². The molecule has 0 radical (unpaired) electrons. The van der Waals surface area contributed by atoms with E-state index >= 15 is 0 Å². The Morgan fingerprint density at radius 1 is 0.462 bits per heavy atom. The van der Waals surface area contributed by atoms with Crippen LogP contribution in [0, 0.1) is 0 Å². The zero-order valence-corrected chi connectivity index (χ0v) is 32.3. The van der Waals surface area contributed by atoms with Crippen molar-refractivity contribution in [3.8, 4) is 22.3 Å². The SMILES string of the molecule is CC(C)(C)c1cc(C(C)(C)C)c2oc3ccc(N(c4ccc5c(c4)C(C)(C)c4ccccc4-5)c4ccc5c(c4)C(C)(C)c4ccccc4-5)cc3c2c1. The molecule has 6 aromatic carbocycles. The molecule has 0 saturated carbocycles. The van der Waals surface area contributed by atoms with Gasteiger partial charge in [-0.25, -0.2) is 0 Å². The van der Waals surface area contributed by atoms with E-state index in [2.05, 4.69) is 189 Å². The third kappa shape index (κ3) is 4.69. The average Bonchev–Trinajstić information content (AvgIpc) is 3.67. The predicted molar refractivity (Wildman–Crippen MR) is 221 cm³/mol. The maximum atomic E-state index is 6.75. The number of rotatable bonds is 3. The Morgan fingerprint density at radius 2 is 0.942 bits per heavy atom. The Morgan fingerprint density at radius 3 is 1.46 bits per heavy atom.